The van der Waals surface area contributed by atoms with Crippen LogP contribution in [0.4, 0.5) is 0 Å². The molecule has 0 aliphatic carbocycles. The lowest BCUT2D eigenvalue weighted by Gasteiger charge is -2.17. The number of hydrogen-bond donors (Lipinski definition) is 3. The predicted octanol–water partition coefficient (Wildman–Crippen LogP) is 1.17. The fourth-order valence-corrected chi connectivity index (χ4v) is 1.76. The number of carbonyl (C=O) groups is 2. The minimum Gasteiger partial charge on any atom is -0.478 e. The minimum atomic E-state index is -0.954. The van der Waals surface area contributed by atoms with Crippen molar-refractivity contribution in [1.82, 2.24) is 5.32 Å². The quantitative estimate of drug-likeness (QED) is 0.719. The van der Waals surface area contributed by atoms with Crippen molar-refractivity contribution in [3.63, 3.8) is 0 Å². The third-order valence-corrected chi connectivity index (χ3v) is 2.58. The Morgan fingerprint density at radius 1 is 1.32 bits per heavy atom. The van der Waals surface area contributed by atoms with Crippen LogP contribution in [0.2, 0.25) is 0 Å². The van der Waals surface area contributed by atoms with Gasteiger partial charge >= 0.3 is 5.97 Å². The van der Waals surface area contributed by atoms with Crippen molar-refractivity contribution in [1.29, 1.82) is 0 Å². The summed E-state index contributed by atoms with van der Waals surface area (Å²) < 4.78 is 0. The first-order chi connectivity index (χ1) is 8.79. The molecule has 1 amide bonds. The molecule has 0 heterocycles. The van der Waals surface area contributed by atoms with Gasteiger partial charge in [0.05, 0.1) is 5.56 Å². The number of rotatable bonds is 6. The highest BCUT2D eigenvalue weighted by Gasteiger charge is 2.16. The Morgan fingerprint density at radius 3 is 2.53 bits per heavy atom. The normalized spacial score (nSPS) is 11.1. The summed E-state index contributed by atoms with van der Waals surface area (Å²) in [4.78, 5) is 22.6. The molecule has 0 unspecified atom stereocenters. The van der Waals surface area contributed by atoms with Crippen LogP contribution in [0.3, 0.4) is 0 Å². The highest BCUT2D eigenvalue weighted by atomic mass is 16.4. The van der Waals surface area contributed by atoms with E-state index in [2.05, 4.69) is 5.32 Å². The molecule has 1 rings (SSSR count). The lowest BCUT2D eigenvalue weighted by Crippen LogP contribution is -2.39. The first-order valence-electron chi connectivity index (χ1n) is 6.16. The SMILES string of the molecule is CC(C)(N)CC(=O)NCCc1ccccc1C(=O)O. The number of aromatic carboxylic acids is 1. The molecular weight excluding hydrogens is 244 g/mol. The van der Waals surface area contributed by atoms with E-state index in [0.717, 1.165) is 0 Å². The van der Waals surface area contributed by atoms with E-state index < -0.39 is 11.5 Å². The highest BCUT2D eigenvalue weighted by molar-refractivity contribution is 5.89. The number of carboxylic acids is 1. The van der Waals surface area contributed by atoms with Crippen LogP contribution in [-0.2, 0) is 11.2 Å². The largest absolute Gasteiger partial charge is 0.478 e. The average molecular weight is 264 g/mol. The summed E-state index contributed by atoms with van der Waals surface area (Å²) >= 11 is 0. The highest BCUT2D eigenvalue weighted by Crippen LogP contribution is 2.09. The van der Waals surface area contributed by atoms with E-state index >= 15 is 0 Å². The fraction of sp³-hybridized carbons (Fsp3) is 0.429. The summed E-state index contributed by atoms with van der Waals surface area (Å²) in [6.45, 7) is 3.97. The van der Waals surface area contributed by atoms with E-state index in [-0.39, 0.29) is 17.9 Å². The van der Waals surface area contributed by atoms with E-state index in [1.807, 2.05) is 0 Å². The van der Waals surface area contributed by atoms with Gasteiger partial charge in [-0.1, -0.05) is 18.2 Å². The second kappa shape index (κ2) is 6.33. The molecule has 1 aromatic carbocycles. The number of amides is 1. The van der Waals surface area contributed by atoms with Gasteiger partial charge < -0.3 is 16.2 Å². The van der Waals surface area contributed by atoms with Crippen LogP contribution >= 0.6 is 0 Å². The van der Waals surface area contributed by atoms with E-state index in [1.165, 1.54) is 0 Å². The molecular formula is C14H20N2O3. The van der Waals surface area contributed by atoms with Gasteiger partial charge in [-0.05, 0) is 31.9 Å². The van der Waals surface area contributed by atoms with E-state index in [9.17, 15) is 9.59 Å². The van der Waals surface area contributed by atoms with Crippen molar-refractivity contribution < 1.29 is 14.7 Å². The molecule has 0 radical (unpaired) electrons. The molecule has 4 N–H and O–H groups in total. The van der Waals surface area contributed by atoms with Gasteiger partial charge in [-0.2, -0.15) is 0 Å². The summed E-state index contributed by atoms with van der Waals surface area (Å²) in [6.07, 6.45) is 0.729. The van der Waals surface area contributed by atoms with Gasteiger partial charge in [0, 0.05) is 18.5 Å². The second-order valence-corrected chi connectivity index (χ2v) is 5.23. The minimum absolute atomic E-state index is 0.125. The maximum Gasteiger partial charge on any atom is 0.335 e. The maximum absolute atomic E-state index is 11.6. The number of benzene rings is 1. The molecule has 0 saturated heterocycles. The van der Waals surface area contributed by atoms with Crippen LogP contribution in [0.1, 0.15) is 36.2 Å². The van der Waals surface area contributed by atoms with Crippen LogP contribution in [-0.4, -0.2) is 29.1 Å². The van der Waals surface area contributed by atoms with Crippen molar-refractivity contribution in [2.45, 2.75) is 32.2 Å². The molecule has 0 aliphatic heterocycles. The molecule has 104 valence electrons. The molecule has 0 atom stereocenters. The van der Waals surface area contributed by atoms with E-state index in [1.54, 1.807) is 38.1 Å². The third-order valence-electron chi connectivity index (χ3n) is 2.58. The topological polar surface area (TPSA) is 92.4 Å². The number of carboxylic acid groups (broad SMARTS) is 1. The van der Waals surface area contributed by atoms with Crippen molar-refractivity contribution in [3.8, 4) is 0 Å². The van der Waals surface area contributed by atoms with Gasteiger partial charge in [0.25, 0.3) is 0 Å². The lowest BCUT2D eigenvalue weighted by molar-refractivity contribution is -0.121. The van der Waals surface area contributed by atoms with Crippen molar-refractivity contribution in [3.05, 3.63) is 35.4 Å². The molecule has 19 heavy (non-hydrogen) atoms. The predicted molar refractivity (Wildman–Crippen MR) is 73.0 cm³/mol. The number of carbonyl (C=O) groups excluding carboxylic acids is 1. The molecule has 5 heteroatoms. The summed E-state index contributed by atoms with van der Waals surface area (Å²) in [7, 11) is 0. The maximum atomic E-state index is 11.6. The van der Waals surface area contributed by atoms with Crippen molar-refractivity contribution in [2.75, 3.05) is 6.54 Å². The molecule has 1 aromatic rings. The molecule has 5 nitrogen and oxygen atoms in total. The van der Waals surface area contributed by atoms with Crippen LogP contribution in [0.25, 0.3) is 0 Å². The Bertz CT molecular complexity index is 464. The zero-order valence-electron chi connectivity index (χ0n) is 11.3. The van der Waals surface area contributed by atoms with Crippen molar-refractivity contribution >= 4 is 11.9 Å². The smallest absolute Gasteiger partial charge is 0.335 e. The number of nitrogens with two attached hydrogens (primary N) is 1. The Labute approximate surface area is 112 Å². The summed E-state index contributed by atoms with van der Waals surface area (Å²) in [5.74, 6) is -1.08. The Hall–Kier alpha value is -1.88. The zero-order chi connectivity index (χ0) is 14.5. The molecule has 0 aromatic heterocycles. The van der Waals surface area contributed by atoms with Crippen LogP contribution in [0.15, 0.2) is 24.3 Å². The first-order valence-corrected chi connectivity index (χ1v) is 6.16. The standard InChI is InChI=1S/C14H20N2O3/c1-14(2,15)9-12(17)16-8-7-10-5-3-4-6-11(10)13(18)19/h3-6H,7-9,15H2,1-2H3,(H,16,17)(H,18,19). The van der Waals surface area contributed by atoms with Gasteiger partial charge in [-0.3, -0.25) is 4.79 Å². The average Bonchev–Trinajstić information content (AvgIpc) is 2.27. The second-order valence-electron chi connectivity index (χ2n) is 5.23. The molecule has 0 fully saturated rings. The monoisotopic (exact) mass is 264 g/mol. The number of nitrogens with one attached hydrogen (secondary N) is 1. The fourth-order valence-electron chi connectivity index (χ4n) is 1.76. The number of hydrogen-bond acceptors (Lipinski definition) is 3. The summed E-state index contributed by atoms with van der Waals surface area (Å²) in [5.41, 5.74) is 6.19. The van der Waals surface area contributed by atoms with Gasteiger partial charge in [0.15, 0.2) is 0 Å². The Balaban J connectivity index is 2.50. The van der Waals surface area contributed by atoms with Crippen LogP contribution in [0, 0.1) is 0 Å². The van der Waals surface area contributed by atoms with Crippen LogP contribution < -0.4 is 11.1 Å². The van der Waals surface area contributed by atoms with Gasteiger partial charge in [-0.15, -0.1) is 0 Å². The third kappa shape index (κ3) is 5.52. The Kier molecular flexibility index (Phi) is 5.06. The van der Waals surface area contributed by atoms with E-state index in [4.69, 9.17) is 10.8 Å². The summed E-state index contributed by atoms with van der Waals surface area (Å²) in [5, 5.41) is 11.8. The van der Waals surface area contributed by atoms with Gasteiger partial charge in [-0.25, -0.2) is 4.79 Å². The molecule has 0 aliphatic rings. The lowest BCUT2D eigenvalue weighted by atomic mass is 10.0. The zero-order valence-corrected chi connectivity index (χ0v) is 11.3. The van der Waals surface area contributed by atoms with Gasteiger partial charge in [0.1, 0.15) is 0 Å². The van der Waals surface area contributed by atoms with Crippen molar-refractivity contribution in [2.24, 2.45) is 5.73 Å². The van der Waals surface area contributed by atoms with E-state index in [0.29, 0.717) is 18.5 Å². The van der Waals surface area contributed by atoms with Crippen LogP contribution in [0.5, 0.6) is 0 Å². The molecule has 0 bridgehead atoms. The Morgan fingerprint density at radius 2 is 1.95 bits per heavy atom. The first kappa shape index (κ1) is 15.2. The molecule has 0 spiro atoms. The molecule has 0 saturated carbocycles. The summed E-state index contributed by atoms with van der Waals surface area (Å²) in [6, 6.07) is 6.78. The van der Waals surface area contributed by atoms with Gasteiger partial charge in [0.2, 0.25) is 5.91 Å².